The molecule has 0 amide bonds. The van der Waals surface area contributed by atoms with Crippen LogP contribution >= 0.6 is 12.4 Å². The average molecular weight is 542 g/mol. The molecule has 2 aliphatic rings. The molecule has 0 radical (unpaired) electrons. The maximum atomic E-state index is 13.8. The highest BCUT2D eigenvalue weighted by Crippen LogP contribution is 2.40. The van der Waals surface area contributed by atoms with E-state index < -0.39 is 29.0 Å². The van der Waals surface area contributed by atoms with E-state index in [4.69, 9.17) is 9.47 Å². The van der Waals surface area contributed by atoms with Crippen LogP contribution in [0.15, 0.2) is 77.1 Å². The molecule has 10 heteroatoms. The van der Waals surface area contributed by atoms with Crippen molar-refractivity contribution in [3.63, 3.8) is 0 Å². The fraction of sp³-hybridized carbons (Fsp3) is 0.357. The smallest absolute Gasteiger partial charge is 0.338 e. The molecule has 1 saturated heterocycles. The maximum absolute atomic E-state index is 13.8. The lowest BCUT2D eigenvalue weighted by Gasteiger charge is -2.36. The van der Waals surface area contributed by atoms with Gasteiger partial charge in [-0.1, -0.05) is 42.5 Å². The summed E-state index contributed by atoms with van der Waals surface area (Å²) in [5, 5.41) is 14.6. The second kappa shape index (κ2) is 12.7. The van der Waals surface area contributed by atoms with Crippen LogP contribution in [-0.4, -0.2) is 41.6 Å². The molecule has 38 heavy (non-hydrogen) atoms. The van der Waals surface area contributed by atoms with Crippen LogP contribution in [0.3, 0.4) is 0 Å². The molecule has 0 spiro atoms. The molecular weight excluding hydrogens is 510 g/mol. The number of esters is 2. The Balaban J connectivity index is 0.00000400. The Kier molecular flexibility index (Phi) is 9.66. The lowest BCUT2D eigenvalue weighted by molar-refractivity contribution is -0.384. The zero-order chi connectivity index (χ0) is 26.5. The maximum Gasteiger partial charge on any atom is 0.338 e. The van der Waals surface area contributed by atoms with E-state index in [2.05, 4.69) is 10.2 Å². The number of nitro groups is 1. The minimum atomic E-state index is -0.882. The number of rotatable bonds is 7. The lowest BCUT2D eigenvalue weighted by atomic mass is 9.80. The summed E-state index contributed by atoms with van der Waals surface area (Å²) in [6.07, 6.45) is 2.20. The molecule has 0 bridgehead atoms. The van der Waals surface area contributed by atoms with E-state index in [0.29, 0.717) is 29.9 Å². The van der Waals surface area contributed by atoms with Gasteiger partial charge in [-0.15, -0.1) is 12.4 Å². The lowest BCUT2D eigenvalue weighted by Crippen LogP contribution is -2.43. The number of allylic oxidation sites excluding steroid dienone is 2. The molecule has 1 fully saturated rings. The number of likely N-dealkylation sites (tertiary alicyclic amines) is 1. The van der Waals surface area contributed by atoms with E-state index in [1.807, 2.05) is 30.3 Å². The predicted molar refractivity (Wildman–Crippen MR) is 144 cm³/mol. The highest BCUT2D eigenvalue weighted by atomic mass is 35.5. The van der Waals surface area contributed by atoms with Crippen molar-refractivity contribution in [1.82, 2.24) is 10.2 Å². The van der Waals surface area contributed by atoms with E-state index in [9.17, 15) is 19.7 Å². The van der Waals surface area contributed by atoms with Gasteiger partial charge in [0.25, 0.3) is 5.69 Å². The first-order valence-corrected chi connectivity index (χ1v) is 12.3. The Morgan fingerprint density at radius 3 is 2.37 bits per heavy atom. The number of nitrogens with zero attached hydrogens (tertiary/aromatic N) is 2. The fourth-order valence-corrected chi connectivity index (χ4v) is 5.08. The standard InChI is InChI=1S/C28H31N3O6.ClH/c1-18-24(27(32)36-3)26(21-12-9-13-22(16-21)31(34)35)25(19(2)29-18)28(33)37-23-14-7-8-15-30(23)17-20-10-5-4-6-11-20;/h4-6,9-13,16,23,26,29H,7-8,14-15,17H2,1-3H3;1H. The third-order valence-corrected chi connectivity index (χ3v) is 6.83. The van der Waals surface area contributed by atoms with Crippen molar-refractivity contribution < 1.29 is 24.0 Å². The van der Waals surface area contributed by atoms with E-state index in [1.54, 1.807) is 26.0 Å². The number of ether oxygens (including phenoxy) is 2. The molecular formula is C28H32ClN3O6. The third kappa shape index (κ3) is 6.23. The van der Waals surface area contributed by atoms with Crippen molar-refractivity contribution in [3.05, 3.63) is 98.4 Å². The van der Waals surface area contributed by atoms with E-state index >= 15 is 0 Å². The van der Waals surface area contributed by atoms with E-state index in [0.717, 1.165) is 24.9 Å². The van der Waals surface area contributed by atoms with Gasteiger partial charge in [0.1, 0.15) is 0 Å². The number of piperidine rings is 1. The van der Waals surface area contributed by atoms with Gasteiger partial charge in [-0.3, -0.25) is 15.0 Å². The molecule has 2 aromatic rings. The SMILES string of the molecule is COC(=O)C1=C(C)NC(C)=C(C(=O)OC2CCCCN2Cc2ccccc2)C1c1cccc([N+](=O)[O-])c1.Cl. The van der Waals surface area contributed by atoms with Crippen molar-refractivity contribution in [3.8, 4) is 0 Å². The van der Waals surface area contributed by atoms with Crippen LogP contribution in [0, 0.1) is 10.1 Å². The van der Waals surface area contributed by atoms with Gasteiger partial charge < -0.3 is 14.8 Å². The largest absolute Gasteiger partial charge is 0.466 e. The molecule has 4 rings (SSSR count). The number of nitro benzene ring substituents is 1. The van der Waals surface area contributed by atoms with Crippen molar-refractivity contribution in [2.24, 2.45) is 0 Å². The Labute approximate surface area is 228 Å². The van der Waals surface area contributed by atoms with Crippen LogP contribution in [0.25, 0.3) is 0 Å². The molecule has 2 unspecified atom stereocenters. The van der Waals surface area contributed by atoms with Crippen molar-refractivity contribution in [1.29, 1.82) is 0 Å². The van der Waals surface area contributed by atoms with Gasteiger partial charge >= 0.3 is 11.9 Å². The topological polar surface area (TPSA) is 111 Å². The number of halogens is 1. The number of hydrogen-bond acceptors (Lipinski definition) is 8. The molecule has 2 atom stereocenters. The van der Waals surface area contributed by atoms with Crippen LogP contribution in [0.4, 0.5) is 5.69 Å². The Morgan fingerprint density at radius 1 is 1.03 bits per heavy atom. The summed E-state index contributed by atoms with van der Waals surface area (Å²) in [6.45, 7) is 4.89. The Bertz CT molecular complexity index is 1260. The van der Waals surface area contributed by atoms with Crippen LogP contribution in [0.5, 0.6) is 0 Å². The first kappa shape index (κ1) is 28.9. The molecule has 0 saturated carbocycles. The molecule has 2 aromatic carbocycles. The van der Waals surface area contributed by atoms with Crippen molar-refractivity contribution >= 4 is 30.0 Å². The third-order valence-electron chi connectivity index (χ3n) is 6.83. The summed E-state index contributed by atoms with van der Waals surface area (Å²) < 4.78 is 11.1. The van der Waals surface area contributed by atoms with Crippen LogP contribution < -0.4 is 5.32 Å². The fourth-order valence-electron chi connectivity index (χ4n) is 5.08. The molecule has 0 aromatic heterocycles. The summed E-state index contributed by atoms with van der Waals surface area (Å²) in [6, 6.07) is 16.0. The zero-order valence-corrected chi connectivity index (χ0v) is 22.5. The molecule has 2 aliphatic heterocycles. The van der Waals surface area contributed by atoms with Gasteiger partial charge in [0, 0.05) is 36.6 Å². The summed E-state index contributed by atoms with van der Waals surface area (Å²) in [5.41, 5.74) is 2.91. The van der Waals surface area contributed by atoms with Crippen molar-refractivity contribution in [2.45, 2.75) is 51.8 Å². The van der Waals surface area contributed by atoms with Gasteiger partial charge in [-0.05, 0) is 44.2 Å². The highest BCUT2D eigenvalue weighted by Gasteiger charge is 2.39. The Morgan fingerprint density at radius 2 is 1.71 bits per heavy atom. The van der Waals surface area contributed by atoms with Gasteiger partial charge in [-0.25, -0.2) is 9.59 Å². The average Bonchev–Trinajstić information content (AvgIpc) is 2.89. The first-order chi connectivity index (χ1) is 17.8. The molecule has 9 nitrogen and oxygen atoms in total. The van der Waals surface area contributed by atoms with Crippen LogP contribution in [0.1, 0.15) is 50.2 Å². The molecule has 202 valence electrons. The second-order valence-corrected chi connectivity index (χ2v) is 9.29. The molecule has 0 aliphatic carbocycles. The summed E-state index contributed by atoms with van der Waals surface area (Å²) in [5.74, 6) is -2.07. The number of carbonyl (C=O) groups excluding carboxylic acids is 2. The number of non-ortho nitro benzene ring substituents is 1. The number of dihydropyridines is 1. The number of hydrogen-bond donors (Lipinski definition) is 1. The number of methoxy groups -OCH3 is 1. The Hall–Kier alpha value is -3.69. The summed E-state index contributed by atoms with van der Waals surface area (Å²) >= 11 is 0. The van der Waals surface area contributed by atoms with E-state index in [-0.39, 0.29) is 29.2 Å². The number of nitrogens with one attached hydrogen (secondary N) is 1. The number of carbonyl (C=O) groups is 2. The summed E-state index contributed by atoms with van der Waals surface area (Å²) in [4.78, 5) is 39.8. The first-order valence-electron chi connectivity index (χ1n) is 12.3. The quantitative estimate of drug-likeness (QED) is 0.297. The molecule has 1 N–H and O–H groups in total. The normalized spacial score (nSPS) is 19.8. The highest BCUT2D eigenvalue weighted by molar-refractivity contribution is 6.00. The van der Waals surface area contributed by atoms with Gasteiger partial charge in [0.2, 0.25) is 0 Å². The minimum absolute atomic E-state index is 0. The number of benzene rings is 2. The van der Waals surface area contributed by atoms with Crippen LogP contribution in [0.2, 0.25) is 0 Å². The second-order valence-electron chi connectivity index (χ2n) is 9.29. The van der Waals surface area contributed by atoms with Crippen molar-refractivity contribution in [2.75, 3.05) is 13.7 Å². The van der Waals surface area contributed by atoms with Gasteiger partial charge in [0.05, 0.1) is 29.1 Å². The van der Waals surface area contributed by atoms with Crippen LogP contribution in [-0.2, 0) is 25.6 Å². The minimum Gasteiger partial charge on any atom is -0.466 e. The van der Waals surface area contributed by atoms with Gasteiger partial charge in [0.15, 0.2) is 6.23 Å². The predicted octanol–water partition coefficient (Wildman–Crippen LogP) is 4.98. The molecule has 2 heterocycles. The summed E-state index contributed by atoms with van der Waals surface area (Å²) in [7, 11) is 1.26. The van der Waals surface area contributed by atoms with Gasteiger partial charge in [-0.2, -0.15) is 0 Å². The zero-order valence-electron chi connectivity index (χ0n) is 21.6. The van der Waals surface area contributed by atoms with E-state index in [1.165, 1.54) is 19.2 Å². The monoisotopic (exact) mass is 541 g/mol.